The molecule has 18 heavy (non-hydrogen) atoms. The molecule has 1 aromatic rings. The van der Waals surface area contributed by atoms with Gasteiger partial charge in [-0.3, -0.25) is 0 Å². The molecular weight excluding hydrogens is 246 g/mol. The zero-order chi connectivity index (χ0) is 13.3. The van der Waals surface area contributed by atoms with Crippen LogP contribution in [0.4, 0.5) is 0 Å². The quantitative estimate of drug-likeness (QED) is 0.848. The Balaban J connectivity index is 2.37. The van der Waals surface area contributed by atoms with E-state index in [9.17, 15) is 8.42 Å². The molecule has 0 amide bonds. The molecule has 0 aliphatic carbocycles. The van der Waals surface area contributed by atoms with Crippen molar-refractivity contribution in [3.8, 4) is 0 Å². The van der Waals surface area contributed by atoms with Crippen LogP contribution in [0.3, 0.4) is 0 Å². The van der Waals surface area contributed by atoms with Crippen molar-refractivity contribution in [1.82, 2.24) is 5.32 Å². The average Bonchev–Trinajstić information content (AvgIpc) is 2.42. The molecule has 100 valence electrons. The van der Waals surface area contributed by atoms with Crippen molar-refractivity contribution in [1.29, 1.82) is 0 Å². The number of sulfone groups is 1. The van der Waals surface area contributed by atoms with Crippen LogP contribution in [0.25, 0.3) is 0 Å². The number of aryl methyl sites for hydroxylation is 1. The molecule has 1 aliphatic rings. The molecule has 0 spiro atoms. The van der Waals surface area contributed by atoms with Crippen molar-refractivity contribution in [3.63, 3.8) is 0 Å². The Morgan fingerprint density at radius 1 is 1.17 bits per heavy atom. The van der Waals surface area contributed by atoms with Gasteiger partial charge in [-0.05, 0) is 32.8 Å². The first-order chi connectivity index (χ1) is 8.40. The van der Waals surface area contributed by atoms with E-state index >= 15 is 0 Å². The van der Waals surface area contributed by atoms with Crippen LogP contribution < -0.4 is 5.32 Å². The van der Waals surface area contributed by atoms with Crippen molar-refractivity contribution in [3.05, 3.63) is 35.4 Å². The SMILES string of the molecule is Cc1ccc(C2NC(C)CCS(=O)(=O)C2C)cc1. The normalized spacial score (nSPS) is 31.8. The molecule has 1 saturated heterocycles. The van der Waals surface area contributed by atoms with E-state index in [1.165, 1.54) is 5.56 Å². The summed E-state index contributed by atoms with van der Waals surface area (Å²) in [5, 5.41) is 3.07. The third-order valence-corrected chi connectivity index (χ3v) is 5.98. The monoisotopic (exact) mass is 267 g/mol. The molecule has 1 heterocycles. The van der Waals surface area contributed by atoms with Gasteiger partial charge in [0.25, 0.3) is 0 Å². The fraction of sp³-hybridized carbons (Fsp3) is 0.571. The van der Waals surface area contributed by atoms with Crippen LogP contribution in [0.5, 0.6) is 0 Å². The van der Waals surface area contributed by atoms with E-state index in [1.807, 2.05) is 38.1 Å². The highest BCUT2D eigenvalue weighted by Gasteiger charge is 2.34. The second-order valence-corrected chi connectivity index (χ2v) is 7.79. The molecule has 2 rings (SSSR count). The van der Waals surface area contributed by atoms with Crippen molar-refractivity contribution < 1.29 is 8.42 Å². The van der Waals surface area contributed by atoms with Gasteiger partial charge in [0.05, 0.1) is 11.0 Å². The lowest BCUT2D eigenvalue weighted by atomic mass is 10.0. The second kappa shape index (κ2) is 5.02. The number of benzene rings is 1. The second-order valence-electron chi connectivity index (χ2n) is 5.32. The highest BCUT2D eigenvalue weighted by molar-refractivity contribution is 7.92. The molecule has 0 aromatic heterocycles. The molecule has 1 fully saturated rings. The van der Waals surface area contributed by atoms with Crippen molar-refractivity contribution in [2.75, 3.05) is 5.75 Å². The molecule has 0 radical (unpaired) electrons. The first kappa shape index (κ1) is 13.6. The Bertz CT molecular complexity index is 507. The minimum absolute atomic E-state index is 0.104. The number of hydrogen-bond acceptors (Lipinski definition) is 3. The van der Waals surface area contributed by atoms with Gasteiger partial charge in [0.15, 0.2) is 9.84 Å². The highest BCUT2D eigenvalue weighted by Crippen LogP contribution is 2.27. The van der Waals surface area contributed by atoms with Crippen molar-refractivity contribution in [2.45, 2.75) is 44.5 Å². The van der Waals surface area contributed by atoms with Crippen LogP contribution in [0, 0.1) is 6.92 Å². The van der Waals surface area contributed by atoms with E-state index in [0.29, 0.717) is 6.42 Å². The maximum atomic E-state index is 12.2. The summed E-state index contributed by atoms with van der Waals surface area (Å²) >= 11 is 0. The van der Waals surface area contributed by atoms with Crippen LogP contribution in [-0.4, -0.2) is 25.5 Å². The van der Waals surface area contributed by atoms with E-state index in [2.05, 4.69) is 12.2 Å². The van der Waals surface area contributed by atoms with Crippen LogP contribution in [-0.2, 0) is 9.84 Å². The Morgan fingerprint density at radius 3 is 2.39 bits per heavy atom. The summed E-state index contributed by atoms with van der Waals surface area (Å²) < 4.78 is 24.3. The van der Waals surface area contributed by atoms with Gasteiger partial charge in [0.2, 0.25) is 0 Å². The van der Waals surface area contributed by atoms with Gasteiger partial charge in [-0.15, -0.1) is 0 Å². The highest BCUT2D eigenvalue weighted by atomic mass is 32.2. The zero-order valence-corrected chi connectivity index (χ0v) is 12.0. The van der Waals surface area contributed by atoms with E-state index in [-0.39, 0.29) is 23.1 Å². The van der Waals surface area contributed by atoms with Gasteiger partial charge in [-0.25, -0.2) is 8.42 Å². The molecular formula is C14H21NO2S. The maximum absolute atomic E-state index is 12.2. The lowest BCUT2D eigenvalue weighted by Gasteiger charge is -2.24. The molecule has 1 aromatic carbocycles. The molecule has 0 saturated carbocycles. The Labute approximate surface area is 110 Å². The summed E-state index contributed by atoms with van der Waals surface area (Å²) in [5.41, 5.74) is 2.25. The molecule has 1 N–H and O–H groups in total. The standard InChI is InChI=1S/C14H21NO2S/c1-10-4-6-13(7-5-10)14-12(3)18(16,17)9-8-11(2)15-14/h4-7,11-12,14-15H,8-9H2,1-3H3. The summed E-state index contributed by atoms with van der Waals surface area (Å²) in [6, 6.07) is 8.25. The topological polar surface area (TPSA) is 46.2 Å². The zero-order valence-electron chi connectivity index (χ0n) is 11.2. The van der Waals surface area contributed by atoms with E-state index < -0.39 is 9.84 Å². The van der Waals surface area contributed by atoms with E-state index in [4.69, 9.17) is 0 Å². The van der Waals surface area contributed by atoms with Gasteiger partial charge < -0.3 is 5.32 Å². The van der Waals surface area contributed by atoms with Gasteiger partial charge in [0.1, 0.15) is 0 Å². The lowest BCUT2D eigenvalue weighted by Crippen LogP contribution is -2.36. The van der Waals surface area contributed by atoms with Crippen LogP contribution in [0.15, 0.2) is 24.3 Å². The van der Waals surface area contributed by atoms with Crippen LogP contribution in [0.1, 0.15) is 37.4 Å². The smallest absolute Gasteiger partial charge is 0.154 e. The molecule has 3 nitrogen and oxygen atoms in total. The van der Waals surface area contributed by atoms with Gasteiger partial charge in [-0.2, -0.15) is 0 Å². The predicted molar refractivity (Wildman–Crippen MR) is 74.4 cm³/mol. The molecule has 1 aliphatic heterocycles. The summed E-state index contributed by atoms with van der Waals surface area (Å²) in [5.74, 6) is 0.282. The average molecular weight is 267 g/mol. The number of rotatable bonds is 1. The molecule has 0 bridgehead atoms. The lowest BCUT2D eigenvalue weighted by molar-refractivity contribution is 0.452. The van der Waals surface area contributed by atoms with Crippen molar-refractivity contribution >= 4 is 9.84 Å². The Morgan fingerprint density at radius 2 is 1.78 bits per heavy atom. The fourth-order valence-electron chi connectivity index (χ4n) is 2.40. The third-order valence-electron chi connectivity index (χ3n) is 3.77. The third kappa shape index (κ3) is 2.75. The van der Waals surface area contributed by atoms with Crippen molar-refractivity contribution in [2.24, 2.45) is 0 Å². The van der Waals surface area contributed by atoms with E-state index in [1.54, 1.807) is 0 Å². The van der Waals surface area contributed by atoms with Gasteiger partial charge in [0, 0.05) is 12.1 Å². The van der Waals surface area contributed by atoms with Gasteiger partial charge in [-0.1, -0.05) is 29.8 Å². The first-order valence-corrected chi connectivity index (χ1v) is 8.16. The number of nitrogens with one attached hydrogen (secondary N) is 1. The number of hydrogen-bond donors (Lipinski definition) is 1. The largest absolute Gasteiger partial charge is 0.306 e. The fourth-order valence-corrected chi connectivity index (χ4v) is 4.10. The first-order valence-electron chi connectivity index (χ1n) is 6.44. The maximum Gasteiger partial charge on any atom is 0.154 e. The van der Waals surface area contributed by atoms with Crippen LogP contribution in [0.2, 0.25) is 0 Å². The molecule has 3 unspecified atom stereocenters. The van der Waals surface area contributed by atoms with Gasteiger partial charge >= 0.3 is 0 Å². The van der Waals surface area contributed by atoms with E-state index in [0.717, 1.165) is 5.56 Å². The minimum Gasteiger partial charge on any atom is -0.306 e. The summed E-state index contributed by atoms with van der Waals surface area (Å²) in [4.78, 5) is 0. The Hall–Kier alpha value is -0.870. The predicted octanol–water partition coefficient (Wildman–Crippen LogP) is 2.22. The molecule has 4 heteroatoms. The minimum atomic E-state index is -3.00. The molecule has 3 atom stereocenters. The Kier molecular flexibility index (Phi) is 3.78. The summed E-state index contributed by atoms with van der Waals surface area (Å²) in [6.45, 7) is 5.90. The summed E-state index contributed by atoms with van der Waals surface area (Å²) in [7, 11) is -3.00. The summed E-state index contributed by atoms with van der Waals surface area (Å²) in [6.07, 6.45) is 0.690. The van der Waals surface area contributed by atoms with Crippen LogP contribution >= 0.6 is 0 Å².